The molecule has 3 aromatic rings. The van der Waals surface area contributed by atoms with E-state index in [1.165, 1.54) is 6.33 Å². The summed E-state index contributed by atoms with van der Waals surface area (Å²) in [5.74, 6) is 1.04. The molecule has 0 aliphatic rings. The molecule has 0 saturated heterocycles. The zero-order valence-electron chi connectivity index (χ0n) is 11.9. The van der Waals surface area contributed by atoms with Crippen molar-refractivity contribution in [1.82, 2.24) is 9.97 Å². The lowest BCUT2D eigenvalue weighted by molar-refractivity contribution is 1.17. The van der Waals surface area contributed by atoms with Crippen LogP contribution in [-0.2, 0) is 0 Å². The van der Waals surface area contributed by atoms with Gasteiger partial charge in [0.05, 0.1) is 0 Å². The highest BCUT2D eigenvalue weighted by Crippen LogP contribution is 2.29. The summed E-state index contributed by atoms with van der Waals surface area (Å²) in [6.07, 6.45) is 1.45. The summed E-state index contributed by atoms with van der Waals surface area (Å²) in [5, 5.41) is 6.95. The second-order valence-electron chi connectivity index (χ2n) is 4.76. The van der Waals surface area contributed by atoms with Gasteiger partial charge in [-0.15, -0.1) is 0 Å². The molecule has 0 unspecified atom stereocenters. The molecular weight excluding hydrogens is 378 g/mol. The molecule has 0 amide bonds. The molecule has 5 nitrogen and oxygen atoms in total. The molecule has 0 saturated carbocycles. The van der Waals surface area contributed by atoms with E-state index in [4.69, 9.17) is 17.3 Å². The van der Waals surface area contributed by atoms with Crippen LogP contribution in [0.4, 0.5) is 28.7 Å². The third-order valence-corrected chi connectivity index (χ3v) is 3.79. The van der Waals surface area contributed by atoms with Crippen LogP contribution < -0.4 is 16.4 Å². The topological polar surface area (TPSA) is 75.9 Å². The number of nitrogens with one attached hydrogen (secondary N) is 2. The quantitative estimate of drug-likeness (QED) is 0.587. The Balaban J connectivity index is 1.86. The van der Waals surface area contributed by atoms with E-state index in [2.05, 4.69) is 36.5 Å². The molecule has 3 rings (SSSR count). The van der Waals surface area contributed by atoms with Crippen molar-refractivity contribution in [3.63, 3.8) is 0 Å². The Morgan fingerprint density at radius 3 is 2.13 bits per heavy atom. The van der Waals surface area contributed by atoms with Crippen LogP contribution >= 0.6 is 27.5 Å². The predicted molar refractivity (Wildman–Crippen MR) is 98.6 cm³/mol. The fraction of sp³-hybridized carbons (Fsp3) is 0. The highest BCUT2D eigenvalue weighted by Gasteiger charge is 2.09. The van der Waals surface area contributed by atoms with Crippen molar-refractivity contribution < 1.29 is 0 Å². The Labute approximate surface area is 147 Å². The van der Waals surface area contributed by atoms with Gasteiger partial charge in [0.2, 0.25) is 0 Å². The third-order valence-electron chi connectivity index (χ3n) is 3.06. The third kappa shape index (κ3) is 3.91. The van der Waals surface area contributed by atoms with Crippen molar-refractivity contribution in [2.75, 3.05) is 16.4 Å². The monoisotopic (exact) mass is 389 g/mol. The number of hydrogen-bond acceptors (Lipinski definition) is 5. The number of anilines is 5. The van der Waals surface area contributed by atoms with E-state index in [9.17, 15) is 0 Å². The lowest BCUT2D eigenvalue weighted by atomic mass is 10.3. The fourth-order valence-electron chi connectivity index (χ4n) is 2.00. The summed E-state index contributed by atoms with van der Waals surface area (Å²) in [6, 6.07) is 15.1. The van der Waals surface area contributed by atoms with E-state index >= 15 is 0 Å². The molecule has 0 spiro atoms. The molecular formula is C16H13BrClN5. The van der Waals surface area contributed by atoms with Crippen molar-refractivity contribution in [2.24, 2.45) is 0 Å². The molecule has 1 aromatic heterocycles. The minimum absolute atomic E-state index is 0.424. The highest BCUT2D eigenvalue weighted by molar-refractivity contribution is 9.10. The maximum Gasteiger partial charge on any atom is 0.159 e. The number of nitrogens with zero attached hydrogens (tertiary/aromatic N) is 2. The largest absolute Gasteiger partial charge is 0.393 e. The van der Waals surface area contributed by atoms with Crippen molar-refractivity contribution >= 4 is 56.2 Å². The summed E-state index contributed by atoms with van der Waals surface area (Å²) >= 11 is 9.41. The molecule has 23 heavy (non-hydrogen) atoms. The number of halogens is 2. The molecule has 0 aliphatic carbocycles. The molecule has 0 atom stereocenters. The van der Waals surface area contributed by atoms with Gasteiger partial charge in [0.1, 0.15) is 12.0 Å². The Hall–Kier alpha value is -2.31. The van der Waals surface area contributed by atoms with Gasteiger partial charge >= 0.3 is 0 Å². The number of rotatable bonds is 4. The molecule has 4 N–H and O–H groups in total. The first-order valence-corrected chi connectivity index (χ1v) is 7.94. The van der Waals surface area contributed by atoms with Crippen LogP contribution in [0, 0.1) is 0 Å². The summed E-state index contributed by atoms with van der Waals surface area (Å²) in [7, 11) is 0. The highest BCUT2D eigenvalue weighted by atomic mass is 79.9. The molecule has 0 bridgehead atoms. The number of nitrogens with two attached hydrogens (primary N) is 1. The van der Waals surface area contributed by atoms with Crippen LogP contribution in [0.3, 0.4) is 0 Å². The van der Waals surface area contributed by atoms with E-state index < -0.39 is 0 Å². The molecule has 0 aliphatic heterocycles. The number of aromatic nitrogens is 2. The van der Waals surface area contributed by atoms with Gasteiger partial charge in [-0.25, -0.2) is 9.97 Å². The van der Waals surface area contributed by atoms with E-state index in [0.29, 0.717) is 22.3 Å². The molecule has 116 valence electrons. The van der Waals surface area contributed by atoms with Crippen molar-refractivity contribution in [3.8, 4) is 0 Å². The number of hydrogen-bond donors (Lipinski definition) is 3. The van der Waals surface area contributed by atoms with Crippen LogP contribution in [-0.4, -0.2) is 9.97 Å². The SMILES string of the molecule is Nc1c(Nc2cccc(Cl)c2)ncnc1Nc1cccc(Br)c1. The maximum absolute atomic E-state index is 6.16. The molecule has 1 heterocycles. The van der Waals surface area contributed by atoms with Crippen LogP contribution in [0.1, 0.15) is 0 Å². The van der Waals surface area contributed by atoms with Gasteiger partial charge in [0, 0.05) is 20.9 Å². The number of benzene rings is 2. The van der Waals surface area contributed by atoms with E-state index in [-0.39, 0.29) is 0 Å². The maximum atomic E-state index is 6.16. The second-order valence-corrected chi connectivity index (χ2v) is 6.11. The van der Waals surface area contributed by atoms with Gasteiger partial charge in [0.15, 0.2) is 11.6 Å². The first kappa shape index (κ1) is 15.6. The molecule has 0 fully saturated rings. The molecule has 7 heteroatoms. The zero-order valence-corrected chi connectivity index (χ0v) is 14.3. The van der Waals surface area contributed by atoms with Crippen LogP contribution in [0.15, 0.2) is 59.3 Å². The van der Waals surface area contributed by atoms with Gasteiger partial charge in [-0.2, -0.15) is 0 Å². The molecule has 2 aromatic carbocycles. The van der Waals surface area contributed by atoms with Crippen molar-refractivity contribution in [3.05, 3.63) is 64.4 Å². The summed E-state index contributed by atoms with van der Waals surface area (Å²) < 4.78 is 0.965. The van der Waals surface area contributed by atoms with Gasteiger partial charge in [-0.3, -0.25) is 0 Å². The Morgan fingerprint density at radius 2 is 1.52 bits per heavy atom. The second kappa shape index (κ2) is 6.85. The normalized spacial score (nSPS) is 10.3. The first-order valence-electron chi connectivity index (χ1n) is 6.77. The summed E-state index contributed by atoms with van der Waals surface area (Å²) in [5.41, 5.74) is 8.26. The minimum Gasteiger partial charge on any atom is -0.393 e. The average Bonchev–Trinajstić information content (AvgIpc) is 2.51. The van der Waals surface area contributed by atoms with Crippen molar-refractivity contribution in [2.45, 2.75) is 0 Å². The summed E-state index contributed by atoms with van der Waals surface area (Å²) in [4.78, 5) is 8.38. The zero-order chi connectivity index (χ0) is 16.2. The standard InChI is InChI=1S/C16H13BrClN5/c17-10-3-1-5-12(7-10)22-15-14(19)16(21-9-20-15)23-13-6-2-4-11(18)8-13/h1-9H,19H2,(H2,20,21,22,23). The lowest BCUT2D eigenvalue weighted by Gasteiger charge is -2.13. The van der Waals surface area contributed by atoms with Gasteiger partial charge in [0.25, 0.3) is 0 Å². The molecule has 0 radical (unpaired) electrons. The van der Waals surface area contributed by atoms with E-state index in [1.54, 1.807) is 12.1 Å². The van der Waals surface area contributed by atoms with E-state index in [0.717, 1.165) is 15.8 Å². The Morgan fingerprint density at radius 1 is 0.913 bits per heavy atom. The number of nitrogen functional groups attached to an aromatic ring is 1. The minimum atomic E-state index is 0.424. The average molecular weight is 391 g/mol. The van der Waals surface area contributed by atoms with Crippen LogP contribution in [0.5, 0.6) is 0 Å². The van der Waals surface area contributed by atoms with E-state index in [1.807, 2.05) is 36.4 Å². The predicted octanol–water partition coefficient (Wildman–Crippen LogP) is 4.96. The Kier molecular flexibility index (Phi) is 4.64. The Bertz CT molecular complexity index is 774. The van der Waals surface area contributed by atoms with Crippen molar-refractivity contribution in [1.29, 1.82) is 0 Å². The van der Waals surface area contributed by atoms with Crippen LogP contribution in [0.2, 0.25) is 5.02 Å². The first-order chi connectivity index (χ1) is 11.1. The van der Waals surface area contributed by atoms with Crippen LogP contribution in [0.25, 0.3) is 0 Å². The van der Waals surface area contributed by atoms with Gasteiger partial charge < -0.3 is 16.4 Å². The van der Waals surface area contributed by atoms with Gasteiger partial charge in [-0.05, 0) is 36.4 Å². The van der Waals surface area contributed by atoms with Gasteiger partial charge in [-0.1, -0.05) is 39.7 Å². The lowest BCUT2D eigenvalue weighted by Crippen LogP contribution is -2.05. The fourth-order valence-corrected chi connectivity index (χ4v) is 2.59. The smallest absolute Gasteiger partial charge is 0.159 e. The summed E-state index contributed by atoms with van der Waals surface area (Å²) in [6.45, 7) is 0.